The summed E-state index contributed by atoms with van der Waals surface area (Å²) < 4.78 is 0. The maximum atomic E-state index is 4.19. The molecule has 0 saturated heterocycles. The number of nitrogens with zero attached hydrogens (tertiary/aromatic N) is 4. The van der Waals surface area contributed by atoms with Crippen LogP contribution in [-0.2, 0) is 17.1 Å². The van der Waals surface area contributed by atoms with Gasteiger partial charge in [-0.05, 0) is 24.3 Å². The average Bonchev–Trinajstić information content (AvgIpc) is 3.34. The van der Waals surface area contributed by atoms with Crippen molar-refractivity contribution in [2.75, 3.05) is 0 Å². The molecule has 0 aromatic carbocycles. The van der Waals surface area contributed by atoms with E-state index in [1.54, 1.807) is 49.8 Å². The SMILES string of the molecule is [Cl-].[Cl-].[Cu+2].c1c[nH]cn1.c1c[nH]cn1.c1ccc(-c2ccccn2)nc1. The Kier molecular flexibility index (Phi) is 16.7. The van der Waals surface area contributed by atoms with E-state index >= 15 is 0 Å². The van der Waals surface area contributed by atoms with Crippen molar-refractivity contribution in [2.45, 2.75) is 0 Å². The number of halogens is 2. The molecule has 0 aliphatic heterocycles. The van der Waals surface area contributed by atoms with E-state index in [1.807, 2.05) is 36.4 Å². The van der Waals surface area contributed by atoms with Crippen LogP contribution in [0.5, 0.6) is 0 Å². The summed E-state index contributed by atoms with van der Waals surface area (Å²) in [4.78, 5) is 21.2. The first kappa shape index (κ1) is 25.1. The first-order chi connectivity index (χ1) is 11.0. The van der Waals surface area contributed by atoms with E-state index in [4.69, 9.17) is 0 Å². The van der Waals surface area contributed by atoms with Gasteiger partial charge in [0.25, 0.3) is 0 Å². The summed E-state index contributed by atoms with van der Waals surface area (Å²) in [7, 11) is 0. The fourth-order valence-electron chi connectivity index (χ4n) is 1.46. The smallest absolute Gasteiger partial charge is 1.00 e. The van der Waals surface area contributed by atoms with E-state index in [-0.39, 0.29) is 41.9 Å². The van der Waals surface area contributed by atoms with Crippen molar-refractivity contribution >= 4 is 0 Å². The van der Waals surface area contributed by atoms with Crippen molar-refractivity contribution in [3.63, 3.8) is 0 Å². The van der Waals surface area contributed by atoms with Gasteiger partial charge in [-0.1, -0.05) is 12.1 Å². The number of aromatic nitrogens is 6. The minimum absolute atomic E-state index is 0. The molecule has 0 fully saturated rings. The van der Waals surface area contributed by atoms with E-state index in [1.165, 1.54) is 0 Å². The summed E-state index contributed by atoms with van der Waals surface area (Å²) in [6.07, 6.45) is 13.7. The number of hydrogen-bond acceptors (Lipinski definition) is 4. The van der Waals surface area contributed by atoms with Gasteiger partial charge in [0.2, 0.25) is 0 Å². The van der Waals surface area contributed by atoms with Crippen molar-refractivity contribution in [2.24, 2.45) is 0 Å². The first-order valence-electron chi connectivity index (χ1n) is 6.65. The molecular weight excluding hydrogens is 411 g/mol. The van der Waals surface area contributed by atoms with Gasteiger partial charge in [-0.3, -0.25) is 9.97 Å². The van der Waals surface area contributed by atoms with Crippen LogP contribution < -0.4 is 24.8 Å². The molecule has 2 N–H and O–H groups in total. The average molecular weight is 427 g/mol. The van der Waals surface area contributed by atoms with Crippen LogP contribution >= 0.6 is 0 Å². The van der Waals surface area contributed by atoms with Crippen LogP contribution in [0.2, 0.25) is 0 Å². The number of aromatic amines is 2. The van der Waals surface area contributed by atoms with Crippen molar-refractivity contribution in [1.29, 1.82) is 0 Å². The number of hydrogen-bond donors (Lipinski definition) is 2. The van der Waals surface area contributed by atoms with Crippen LogP contribution in [0.15, 0.2) is 86.2 Å². The Morgan fingerprint density at radius 1 is 0.600 bits per heavy atom. The second-order valence-electron chi connectivity index (χ2n) is 3.95. The molecule has 4 heterocycles. The third-order valence-electron chi connectivity index (χ3n) is 2.40. The Hall–Kier alpha value is -2.18. The van der Waals surface area contributed by atoms with Crippen LogP contribution in [0.4, 0.5) is 0 Å². The zero-order valence-corrected chi connectivity index (χ0v) is 15.4. The molecule has 0 spiro atoms. The molecule has 1 radical (unpaired) electrons. The molecule has 0 unspecified atom stereocenters. The molecular formula is C16H16Cl2CuN6. The predicted molar refractivity (Wildman–Crippen MR) is 84.6 cm³/mol. The molecule has 6 nitrogen and oxygen atoms in total. The monoisotopic (exact) mass is 425 g/mol. The van der Waals surface area contributed by atoms with Crippen LogP contribution in [0, 0.1) is 0 Å². The van der Waals surface area contributed by atoms with Gasteiger partial charge in [0, 0.05) is 37.2 Å². The molecule has 4 rings (SSSR count). The molecule has 25 heavy (non-hydrogen) atoms. The summed E-state index contributed by atoms with van der Waals surface area (Å²) in [5, 5.41) is 0. The Morgan fingerprint density at radius 3 is 1.24 bits per heavy atom. The van der Waals surface area contributed by atoms with Crippen molar-refractivity contribution in [1.82, 2.24) is 29.9 Å². The molecule has 135 valence electrons. The molecule has 9 heteroatoms. The second-order valence-corrected chi connectivity index (χ2v) is 3.95. The maximum Gasteiger partial charge on any atom is 2.00 e. The van der Waals surface area contributed by atoms with Crippen LogP contribution in [0.1, 0.15) is 0 Å². The minimum Gasteiger partial charge on any atom is -1.00 e. The van der Waals surface area contributed by atoms with Gasteiger partial charge in [0.05, 0.1) is 24.0 Å². The maximum absolute atomic E-state index is 4.19. The Morgan fingerprint density at radius 2 is 1.04 bits per heavy atom. The molecule has 4 aromatic heterocycles. The standard InChI is InChI=1S/C10H8N2.2C3H4N2.2ClH.Cu/c1-3-7-11-9(5-1)10-6-2-4-8-12-10;2*1-2-5-3-4-1;;;/h1-8H;2*1-3H,(H,4,5);2*1H;/q;;;;;+2/p-2. The topological polar surface area (TPSA) is 83.1 Å². The fourth-order valence-corrected chi connectivity index (χ4v) is 1.46. The van der Waals surface area contributed by atoms with Gasteiger partial charge in [-0.15, -0.1) is 0 Å². The summed E-state index contributed by atoms with van der Waals surface area (Å²) in [5.74, 6) is 0. The number of H-pyrrole nitrogens is 2. The largest absolute Gasteiger partial charge is 2.00 e. The summed E-state index contributed by atoms with van der Waals surface area (Å²) >= 11 is 0. The summed E-state index contributed by atoms with van der Waals surface area (Å²) in [5.41, 5.74) is 1.83. The summed E-state index contributed by atoms with van der Waals surface area (Å²) in [6, 6.07) is 11.6. The first-order valence-corrected chi connectivity index (χ1v) is 6.65. The Labute approximate surface area is 169 Å². The van der Waals surface area contributed by atoms with E-state index in [0.717, 1.165) is 11.4 Å². The normalized spacial score (nSPS) is 7.84. The van der Waals surface area contributed by atoms with Crippen molar-refractivity contribution < 1.29 is 41.9 Å². The third kappa shape index (κ3) is 11.1. The molecule has 0 aliphatic rings. The van der Waals surface area contributed by atoms with E-state index < -0.39 is 0 Å². The molecule has 0 aliphatic carbocycles. The number of nitrogens with one attached hydrogen (secondary N) is 2. The number of pyridine rings is 2. The molecule has 4 aromatic rings. The molecule has 0 atom stereocenters. The van der Waals surface area contributed by atoms with Gasteiger partial charge in [0.15, 0.2) is 0 Å². The minimum atomic E-state index is 0. The van der Waals surface area contributed by atoms with Crippen LogP contribution in [0.25, 0.3) is 11.4 Å². The van der Waals surface area contributed by atoms with Gasteiger partial charge in [-0.25, -0.2) is 9.97 Å². The molecule has 0 amide bonds. The molecule has 0 saturated carbocycles. The van der Waals surface area contributed by atoms with Crippen molar-refractivity contribution in [3.8, 4) is 11.4 Å². The fraction of sp³-hybridized carbons (Fsp3) is 0. The van der Waals surface area contributed by atoms with Gasteiger partial charge < -0.3 is 34.8 Å². The van der Waals surface area contributed by atoms with E-state index in [0.29, 0.717) is 0 Å². The third-order valence-corrected chi connectivity index (χ3v) is 2.40. The van der Waals surface area contributed by atoms with Crippen LogP contribution in [0.3, 0.4) is 0 Å². The van der Waals surface area contributed by atoms with E-state index in [2.05, 4.69) is 29.9 Å². The van der Waals surface area contributed by atoms with E-state index in [9.17, 15) is 0 Å². The zero-order valence-electron chi connectivity index (χ0n) is 12.9. The number of imidazole rings is 2. The zero-order chi connectivity index (χ0) is 15.3. The Bertz CT molecular complexity index is 596. The Balaban J connectivity index is 0. The van der Waals surface area contributed by atoms with Gasteiger partial charge in [-0.2, -0.15) is 0 Å². The van der Waals surface area contributed by atoms with Gasteiger partial charge >= 0.3 is 17.1 Å². The molecule has 0 bridgehead atoms. The predicted octanol–water partition coefficient (Wildman–Crippen LogP) is -3.03. The quantitative estimate of drug-likeness (QED) is 0.317. The van der Waals surface area contributed by atoms with Crippen LogP contribution in [-0.4, -0.2) is 29.9 Å². The second kappa shape index (κ2) is 16.7. The van der Waals surface area contributed by atoms with Gasteiger partial charge in [0.1, 0.15) is 0 Å². The number of rotatable bonds is 1. The summed E-state index contributed by atoms with van der Waals surface area (Å²) in [6.45, 7) is 0. The van der Waals surface area contributed by atoms with Crippen molar-refractivity contribution in [3.05, 3.63) is 86.2 Å².